The van der Waals surface area contributed by atoms with Gasteiger partial charge >= 0.3 is 0 Å². The van der Waals surface area contributed by atoms with Crippen molar-refractivity contribution in [2.45, 2.75) is 58.5 Å². The maximum absolute atomic E-state index is 10.7. The molecule has 0 aliphatic heterocycles. The van der Waals surface area contributed by atoms with E-state index in [1.54, 1.807) is 0 Å². The zero-order valence-corrected chi connectivity index (χ0v) is 12.0. The van der Waals surface area contributed by atoms with E-state index in [1.165, 1.54) is 16.2 Å². The lowest BCUT2D eigenvalue weighted by atomic mass is 9.72. The second-order valence-corrected chi connectivity index (χ2v) is 7.07. The molecule has 96 valence electrons. The maximum atomic E-state index is 10.7. The lowest BCUT2D eigenvalue weighted by Crippen LogP contribution is -2.39. The summed E-state index contributed by atoms with van der Waals surface area (Å²) in [7, 11) is 0. The fraction of sp³-hybridized carbons (Fsp3) is 0.733. The van der Waals surface area contributed by atoms with E-state index in [0.29, 0.717) is 5.92 Å². The third-order valence-electron chi connectivity index (χ3n) is 4.31. The first kappa shape index (κ1) is 13.1. The van der Waals surface area contributed by atoms with E-state index >= 15 is 0 Å². The van der Waals surface area contributed by atoms with Crippen molar-refractivity contribution < 1.29 is 5.11 Å². The summed E-state index contributed by atoms with van der Waals surface area (Å²) in [5, 5.41) is 10.7. The topological polar surface area (TPSA) is 20.2 Å². The van der Waals surface area contributed by atoms with E-state index in [9.17, 15) is 5.11 Å². The number of hydrogen-bond donors (Lipinski definition) is 1. The monoisotopic (exact) mass is 252 g/mol. The number of aliphatic hydroxyl groups is 1. The SMILES string of the molecule is CCc1ccc(CC2(O)CCC(C)C(C)C2)s1. The average Bonchev–Trinajstić information content (AvgIpc) is 2.71. The first-order valence-electron chi connectivity index (χ1n) is 6.82. The van der Waals surface area contributed by atoms with Crippen LogP contribution in [0, 0.1) is 11.8 Å². The maximum Gasteiger partial charge on any atom is 0.0698 e. The Balaban J connectivity index is 2.02. The Morgan fingerprint density at radius 1 is 1.29 bits per heavy atom. The van der Waals surface area contributed by atoms with Crippen LogP contribution in [0.1, 0.15) is 49.8 Å². The summed E-state index contributed by atoms with van der Waals surface area (Å²) in [6.07, 6.45) is 5.07. The van der Waals surface area contributed by atoms with Gasteiger partial charge in [-0.25, -0.2) is 0 Å². The molecule has 0 saturated heterocycles. The van der Waals surface area contributed by atoms with Gasteiger partial charge in [0.25, 0.3) is 0 Å². The third kappa shape index (κ3) is 3.11. The first-order chi connectivity index (χ1) is 8.02. The molecular weight excluding hydrogens is 228 g/mol. The Bertz CT molecular complexity index is 371. The molecule has 1 fully saturated rings. The van der Waals surface area contributed by atoms with E-state index < -0.39 is 5.60 Å². The molecule has 2 heteroatoms. The Kier molecular flexibility index (Phi) is 3.94. The minimum atomic E-state index is -0.443. The van der Waals surface area contributed by atoms with Gasteiger partial charge in [-0.3, -0.25) is 0 Å². The number of thiophene rings is 1. The minimum Gasteiger partial charge on any atom is -0.390 e. The lowest BCUT2D eigenvalue weighted by molar-refractivity contribution is -0.0273. The van der Waals surface area contributed by atoms with Crippen molar-refractivity contribution in [1.29, 1.82) is 0 Å². The van der Waals surface area contributed by atoms with Crippen molar-refractivity contribution in [2.24, 2.45) is 11.8 Å². The van der Waals surface area contributed by atoms with E-state index in [-0.39, 0.29) is 0 Å². The highest BCUT2D eigenvalue weighted by molar-refractivity contribution is 7.12. The molecule has 3 unspecified atom stereocenters. The normalized spacial score (nSPS) is 33.9. The van der Waals surface area contributed by atoms with Crippen LogP contribution < -0.4 is 0 Å². The van der Waals surface area contributed by atoms with Gasteiger partial charge in [0.1, 0.15) is 0 Å². The molecule has 1 N–H and O–H groups in total. The van der Waals surface area contributed by atoms with Gasteiger partial charge < -0.3 is 5.11 Å². The Morgan fingerprint density at radius 3 is 2.59 bits per heavy atom. The lowest BCUT2D eigenvalue weighted by Gasteiger charge is -2.39. The first-order valence-corrected chi connectivity index (χ1v) is 7.64. The van der Waals surface area contributed by atoms with Gasteiger partial charge in [0.15, 0.2) is 0 Å². The van der Waals surface area contributed by atoms with Gasteiger partial charge in [-0.1, -0.05) is 20.8 Å². The molecule has 1 nitrogen and oxygen atoms in total. The molecule has 0 amide bonds. The smallest absolute Gasteiger partial charge is 0.0698 e. The molecule has 1 aromatic heterocycles. The number of hydrogen-bond acceptors (Lipinski definition) is 2. The summed E-state index contributed by atoms with van der Waals surface area (Å²) in [4.78, 5) is 2.78. The zero-order valence-electron chi connectivity index (χ0n) is 11.2. The Hall–Kier alpha value is -0.340. The fourth-order valence-electron chi connectivity index (χ4n) is 2.88. The molecule has 2 rings (SSSR count). The molecular formula is C15H24OS. The van der Waals surface area contributed by atoms with E-state index in [1.807, 2.05) is 11.3 Å². The highest BCUT2D eigenvalue weighted by atomic mass is 32.1. The highest BCUT2D eigenvalue weighted by Crippen LogP contribution is 2.38. The van der Waals surface area contributed by atoms with Crippen LogP contribution in [0.15, 0.2) is 12.1 Å². The van der Waals surface area contributed by atoms with E-state index in [0.717, 1.165) is 31.6 Å². The third-order valence-corrected chi connectivity index (χ3v) is 5.54. The number of rotatable bonds is 3. The molecule has 1 saturated carbocycles. The van der Waals surface area contributed by atoms with Gasteiger partial charge in [0, 0.05) is 16.2 Å². The summed E-state index contributed by atoms with van der Waals surface area (Å²) >= 11 is 1.87. The summed E-state index contributed by atoms with van der Waals surface area (Å²) in [5.41, 5.74) is -0.443. The summed E-state index contributed by atoms with van der Waals surface area (Å²) in [6, 6.07) is 4.41. The molecule has 0 aromatic carbocycles. The van der Waals surface area contributed by atoms with Gasteiger partial charge in [0.2, 0.25) is 0 Å². The zero-order chi connectivity index (χ0) is 12.5. The van der Waals surface area contributed by atoms with Crippen LogP contribution in [-0.4, -0.2) is 10.7 Å². The summed E-state index contributed by atoms with van der Waals surface area (Å²) in [5.74, 6) is 1.42. The molecule has 1 heterocycles. The van der Waals surface area contributed by atoms with Gasteiger partial charge in [-0.2, -0.15) is 0 Å². The minimum absolute atomic E-state index is 0.443. The molecule has 1 aliphatic carbocycles. The van der Waals surface area contributed by atoms with Crippen molar-refractivity contribution in [1.82, 2.24) is 0 Å². The Labute approximate surface area is 109 Å². The molecule has 3 atom stereocenters. The van der Waals surface area contributed by atoms with Crippen molar-refractivity contribution in [3.63, 3.8) is 0 Å². The standard InChI is InChI=1S/C15H24OS/c1-4-13-5-6-14(17-13)10-15(16)8-7-11(2)12(3)9-15/h5-6,11-12,16H,4,7-10H2,1-3H3. The van der Waals surface area contributed by atoms with Crippen molar-refractivity contribution in [2.75, 3.05) is 0 Å². The van der Waals surface area contributed by atoms with E-state index in [4.69, 9.17) is 0 Å². The van der Waals surface area contributed by atoms with Crippen LogP contribution in [0.2, 0.25) is 0 Å². The van der Waals surface area contributed by atoms with Crippen LogP contribution in [0.25, 0.3) is 0 Å². The Morgan fingerprint density at radius 2 is 2.00 bits per heavy atom. The molecule has 1 aliphatic rings. The molecule has 17 heavy (non-hydrogen) atoms. The van der Waals surface area contributed by atoms with Crippen LogP contribution in [0.4, 0.5) is 0 Å². The summed E-state index contributed by atoms with van der Waals surface area (Å²) in [6.45, 7) is 6.78. The quantitative estimate of drug-likeness (QED) is 0.861. The second-order valence-electron chi connectivity index (χ2n) is 5.82. The second kappa shape index (κ2) is 5.11. The van der Waals surface area contributed by atoms with Crippen molar-refractivity contribution in [3.05, 3.63) is 21.9 Å². The molecule has 1 aromatic rings. The average molecular weight is 252 g/mol. The van der Waals surface area contributed by atoms with Crippen molar-refractivity contribution in [3.8, 4) is 0 Å². The predicted molar refractivity (Wildman–Crippen MR) is 74.5 cm³/mol. The predicted octanol–water partition coefficient (Wildman–Crippen LogP) is 4.04. The highest BCUT2D eigenvalue weighted by Gasteiger charge is 2.36. The fourth-order valence-corrected chi connectivity index (χ4v) is 3.97. The van der Waals surface area contributed by atoms with Gasteiger partial charge in [0.05, 0.1) is 5.60 Å². The number of aryl methyl sites for hydroxylation is 1. The van der Waals surface area contributed by atoms with Crippen LogP contribution in [-0.2, 0) is 12.8 Å². The molecule has 0 spiro atoms. The van der Waals surface area contributed by atoms with Crippen LogP contribution in [0.3, 0.4) is 0 Å². The molecule has 0 bridgehead atoms. The van der Waals surface area contributed by atoms with Gasteiger partial charge in [-0.05, 0) is 49.7 Å². The van der Waals surface area contributed by atoms with Crippen LogP contribution in [0.5, 0.6) is 0 Å². The van der Waals surface area contributed by atoms with Crippen molar-refractivity contribution >= 4 is 11.3 Å². The molecule has 0 radical (unpaired) electrons. The van der Waals surface area contributed by atoms with Gasteiger partial charge in [-0.15, -0.1) is 11.3 Å². The van der Waals surface area contributed by atoms with E-state index in [2.05, 4.69) is 32.9 Å². The van der Waals surface area contributed by atoms with Crippen LogP contribution >= 0.6 is 11.3 Å². The summed E-state index contributed by atoms with van der Waals surface area (Å²) < 4.78 is 0. The largest absolute Gasteiger partial charge is 0.390 e.